The van der Waals surface area contributed by atoms with Crippen molar-refractivity contribution in [3.63, 3.8) is 0 Å². The molecule has 2 N–H and O–H groups in total. The number of piperidine rings is 1. The highest BCUT2D eigenvalue weighted by molar-refractivity contribution is 6.30. The SMILES string of the molecule is COC(=O)c1ccc(N2CCN(CC3=C(c4ccc(Cl)cc4)CCC4(CCN(C(=O)O)CC4)C3)CC2)cc1Oc1cnc2[nH]ccc2c1. The maximum Gasteiger partial charge on any atom is 0.407 e. The quantitative estimate of drug-likeness (QED) is 0.197. The molecule has 2 aromatic heterocycles. The smallest absolute Gasteiger partial charge is 0.407 e. The Bertz CT molecular complexity index is 1840. The van der Waals surface area contributed by atoms with Crippen LogP contribution in [0.2, 0.25) is 5.02 Å². The molecule has 11 heteroatoms. The van der Waals surface area contributed by atoms with E-state index in [0.29, 0.717) is 30.2 Å². The van der Waals surface area contributed by atoms with Gasteiger partial charge in [0, 0.05) is 74.2 Å². The van der Waals surface area contributed by atoms with Crippen LogP contribution in [0.5, 0.6) is 11.5 Å². The van der Waals surface area contributed by atoms with E-state index in [9.17, 15) is 14.7 Å². The van der Waals surface area contributed by atoms with E-state index in [4.69, 9.17) is 21.1 Å². The Morgan fingerprint density at radius 3 is 2.48 bits per heavy atom. The number of likely N-dealkylation sites (tertiary alicyclic amines) is 1. The molecule has 4 heterocycles. The van der Waals surface area contributed by atoms with Gasteiger partial charge < -0.3 is 29.4 Å². The standard InChI is InChI=1S/C37H40ClN5O5/c1-47-35(44)32-7-6-29(21-33(32)48-30-20-26-9-13-39-34(26)40-23-30)42-18-16-41(17-19-42)24-27-22-37(11-14-43(15-12-37)36(45)46)10-8-31(27)25-2-4-28(38)5-3-25/h2-7,9,13,20-21,23H,8,10-12,14-19,22,24H2,1H3,(H,39,40)(H,45,46). The monoisotopic (exact) mass is 669 g/mol. The van der Waals surface area contributed by atoms with Crippen molar-refractivity contribution in [3.8, 4) is 11.5 Å². The Morgan fingerprint density at radius 1 is 0.979 bits per heavy atom. The van der Waals surface area contributed by atoms with Crippen LogP contribution in [0.25, 0.3) is 16.6 Å². The Balaban J connectivity index is 1.07. The molecule has 250 valence electrons. The molecule has 2 fully saturated rings. The molecule has 0 radical (unpaired) electrons. The maximum absolute atomic E-state index is 12.6. The lowest BCUT2D eigenvalue weighted by molar-refractivity contribution is 0.0597. The summed E-state index contributed by atoms with van der Waals surface area (Å²) in [6.07, 6.45) is 7.54. The van der Waals surface area contributed by atoms with Gasteiger partial charge in [-0.15, -0.1) is 0 Å². The lowest BCUT2D eigenvalue weighted by Gasteiger charge is -2.46. The Morgan fingerprint density at radius 2 is 1.75 bits per heavy atom. The molecule has 2 aliphatic heterocycles. The first-order valence-electron chi connectivity index (χ1n) is 16.5. The zero-order valence-corrected chi connectivity index (χ0v) is 27.8. The van der Waals surface area contributed by atoms with Gasteiger partial charge in [0.15, 0.2) is 0 Å². The van der Waals surface area contributed by atoms with Gasteiger partial charge in [0.05, 0.1) is 13.3 Å². The number of piperazine rings is 1. The van der Waals surface area contributed by atoms with E-state index in [1.54, 1.807) is 17.2 Å². The van der Waals surface area contributed by atoms with Crippen molar-refractivity contribution < 1.29 is 24.2 Å². The number of carboxylic acid groups (broad SMARTS) is 1. The fraction of sp³-hybridized carbons (Fsp3) is 0.378. The second-order valence-electron chi connectivity index (χ2n) is 13.2. The summed E-state index contributed by atoms with van der Waals surface area (Å²) in [5, 5.41) is 11.2. The highest BCUT2D eigenvalue weighted by Gasteiger charge is 2.40. The molecule has 48 heavy (non-hydrogen) atoms. The Hall–Kier alpha value is -4.54. The number of H-pyrrole nitrogens is 1. The Labute approximate surface area is 284 Å². The van der Waals surface area contributed by atoms with E-state index >= 15 is 0 Å². The van der Waals surface area contributed by atoms with Gasteiger partial charge in [0.1, 0.15) is 22.7 Å². The molecule has 0 atom stereocenters. The first-order valence-corrected chi connectivity index (χ1v) is 16.9. The molecule has 1 spiro atoms. The van der Waals surface area contributed by atoms with Crippen LogP contribution in [-0.4, -0.2) is 89.9 Å². The van der Waals surface area contributed by atoms with E-state index in [1.165, 1.54) is 23.8 Å². The summed E-state index contributed by atoms with van der Waals surface area (Å²) >= 11 is 6.24. The van der Waals surface area contributed by atoms with E-state index in [0.717, 1.165) is 86.6 Å². The minimum absolute atomic E-state index is 0.151. The molecule has 3 aliphatic rings. The molecule has 2 saturated heterocycles. The van der Waals surface area contributed by atoms with Crippen LogP contribution >= 0.6 is 11.6 Å². The van der Waals surface area contributed by atoms with Gasteiger partial charge in [0.25, 0.3) is 0 Å². The maximum atomic E-state index is 12.6. The van der Waals surface area contributed by atoms with Crippen molar-refractivity contribution in [1.29, 1.82) is 0 Å². The van der Waals surface area contributed by atoms with Crippen molar-refractivity contribution in [2.75, 3.05) is 57.8 Å². The summed E-state index contributed by atoms with van der Waals surface area (Å²) in [7, 11) is 1.37. The van der Waals surface area contributed by atoms with Gasteiger partial charge in [0.2, 0.25) is 0 Å². The highest BCUT2D eigenvalue weighted by Crippen LogP contribution is 2.49. The molecular weight excluding hydrogens is 630 g/mol. The van der Waals surface area contributed by atoms with Gasteiger partial charge in [-0.2, -0.15) is 0 Å². The lowest BCUT2D eigenvalue weighted by atomic mass is 9.65. The number of hydrogen-bond donors (Lipinski definition) is 2. The number of amides is 1. The van der Waals surface area contributed by atoms with Gasteiger partial charge >= 0.3 is 12.1 Å². The van der Waals surface area contributed by atoms with Gasteiger partial charge in [-0.3, -0.25) is 4.90 Å². The van der Waals surface area contributed by atoms with E-state index < -0.39 is 12.1 Å². The molecule has 0 saturated carbocycles. The molecule has 7 rings (SSSR count). The van der Waals surface area contributed by atoms with Crippen molar-refractivity contribution >= 4 is 46.0 Å². The predicted octanol–water partition coefficient (Wildman–Crippen LogP) is 7.32. The first-order chi connectivity index (χ1) is 23.3. The molecule has 2 aromatic carbocycles. The summed E-state index contributed by atoms with van der Waals surface area (Å²) in [6.45, 7) is 5.54. The fourth-order valence-electron chi connectivity index (χ4n) is 7.57. The van der Waals surface area contributed by atoms with Crippen LogP contribution in [0.3, 0.4) is 0 Å². The molecule has 0 unspecified atom stereocenters. The van der Waals surface area contributed by atoms with Crippen LogP contribution in [0.4, 0.5) is 10.5 Å². The number of pyridine rings is 1. The molecule has 4 aromatic rings. The van der Waals surface area contributed by atoms with Crippen LogP contribution in [-0.2, 0) is 4.74 Å². The number of hydrogen-bond acceptors (Lipinski definition) is 7. The number of rotatable bonds is 7. The number of aromatic amines is 1. The molecule has 0 bridgehead atoms. The number of fused-ring (bicyclic) bond motifs is 1. The lowest BCUT2D eigenvalue weighted by Crippen LogP contribution is -2.48. The number of aromatic nitrogens is 2. The van der Waals surface area contributed by atoms with Crippen LogP contribution < -0.4 is 9.64 Å². The number of carbonyl (C=O) groups is 2. The van der Waals surface area contributed by atoms with Gasteiger partial charge in [-0.25, -0.2) is 14.6 Å². The van der Waals surface area contributed by atoms with Crippen molar-refractivity contribution in [3.05, 3.63) is 88.7 Å². The van der Waals surface area contributed by atoms with Crippen LogP contribution in [0.15, 0.2) is 72.6 Å². The summed E-state index contributed by atoms with van der Waals surface area (Å²) in [6, 6.07) is 17.7. The third-order valence-corrected chi connectivity index (χ3v) is 10.6. The van der Waals surface area contributed by atoms with Crippen LogP contribution in [0.1, 0.15) is 48.0 Å². The number of halogens is 1. The third kappa shape index (κ3) is 6.73. The number of esters is 1. The van der Waals surface area contributed by atoms with Crippen LogP contribution in [0, 0.1) is 5.41 Å². The zero-order chi connectivity index (χ0) is 33.3. The van der Waals surface area contributed by atoms with Crippen molar-refractivity contribution in [2.24, 2.45) is 5.41 Å². The van der Waals surface area contributed by atoms with Crippen molar-refractivity contribution in [1.82, 2.24) is 19.8 Å². The first kappa shape index (κ1) is 32.0. The molecule has 1 amide bonds. The summed E-state index contributed by atoms with van der Waals surface area (Å²) in [4.78, 5) is 38.2. The molecule has 10 nitrogen and oxygen atoms in total. The largest absolute Gasteiger partial charge is 0.465 e. The topological polar surface area (TPSA) is 111 Å². The molecule has 1 aliphatic carbocycles. The fourth-order valence-corrected chi connectivity index (χ4v) is 7.70. The summed E-state index contributed by atoms with van der Waals surface area (Å²) in [5.74, 6) is 0.510. The number of anilines is 1. The average molecular weight is 670 g/mol. The van der Waals surface area contributed by atoms with Crippen molar-refractivity contribution in [2.45, 2.75) is 32.1 Å². The number of ether oxygens (including phenoxy) is 2. The predicted molar refractivity (Wildman–Crippen MR) is 186 cm³/mol. The second kappa shape index (κ2) is 13.5. The van der Waals surface area contributed by atoms with E-state index in [-0.39, 0.29) is 5.41 Å². The summed E-state index contributed by atoms with van der Waals surface area (Å²) < 4.78 is 11.3. The average Bonchev–Trinajstić information content (AvgIpc) is 3.57. The summed E-state index contributed by atoms with van der Waals surface area (Å²) in [5.41, 5.74) is 6.37. The van der Waals surface area contributed by atoms with E-state index in [2.05, 4.69) is 31.9 Å². The van der Waals surface area contributed by atoms with Gasteiger partial charge in [-0.05, 0) is 85.1 Å². The third-order valence-electron chi connectivity index (χ3n) is 10.3. The minimum Gasteiger partial charge on any atom is -0.465 e. The highest BCUT2D eigenvalue weighted by atomic mass is 35.5. The van der Waals surface area contributed by atoms with E-state index in [1.807, 2.05) is 42.6 Å². The molecular formula is C37H40ClN5O5. The Kier molecular flexibility index (Phi) is 9.02. The number of benzene rings is 2. The number of carbonyl (C=O) groups excluding carboxylic acids is 1. The normalized spacial score (nSPS) is 18.4. The minimum atomic E-state index is -0.815. The number of allylic oxidation sites excluding steroid dienone is 1. The van der Waals surface area contributed by atoms with Gasteiger partial charge in [-0.1, -0.05) is 29.3 Å². The number of nitrogens with zero attached hydrogens (tertiary/aromatic N) is 4. The number of nitrogens with one attached hydrogen (secondary N) is 1. The zero-order valence-electron chi connectivity index (χ0n) is 27.1. The number of methoxy groups -OCH3 is 1. The second-order valence-corrected chi connectivity index (χ2v) is 13.6.